The first-order valence-electron chi connectivity index (χ1n) is 7.25. The number of hydrogen-bond donors (Lipinski definition) is 6. The van der Waals surface area contributed by atoms with E-state index in [0.717, 1.165) is 0 Å². The summed E-state index contributed by atoms with van der Waals surface area (Å²) in [7, 11) is 0. The van der Waals surface area contributed by atoms with Gasteiger partial charge in [0.05, 0.1) is 13.0 Å². The summed E-state index contributed by atoms with van der Waals surface area (Å²) < 4.78 is 0. The molecule has 1 aromatic rings. The molecule has 0 bridgehead atoms. The number of phenols is 1. The molecule has 0 heterocycles. The van der Waals surface area contributed by atoms with E-state index in [-0.39, 0.29) is 18.7 Å². The van der Waals surface area contributed by atoms with Crippen molar-refractivity contribution in [2.45, 2.75) is 24.9 Å². The van der Waals surface area contributed by atoms with Crippen molar-refractivity contribution < 1.29 is 34.5 Å². The molecule has 10 heteroatoms. The van der Waals surface area contributed by atoms with Crippen LogP contribution in [-0.2, 0) is 25.6 Å². The van der Waals surface area contributed by atoms with Crippen LogP contribution in [0.3, 0.4) is 0 Å². The number of nitrogens with two attached hydrogens (primary N) is 1. The van der Waals surface area contributed by atoms with Crippen molar-refractivity contribution in [2.24, 2.45) is 5.73 Å². The lowest BCUT2D eigenvalue weighted by molar-refractivity contribution is -0.147. The Morgan fingerprint density at radius 2 is 1.60 bits per heavy atom. The van der Waals surface area contributed by atoms with Gasteiger partial charge in [0.15, 0.2) is 0 Å². The van der Waals surface area contributed by atoms with Crippen molar-refractivity contribution in [3.8, 4) is 5.75 Å². The minimum Gasteiger partial charge on any atom is -0.508 e. The van der Waals surface area contributed by atoms with E-state index in [4.69, 9.17) is 15.9 Å². The lowest BCUT2D eigenvalue weighted by Gasteiger charge is -2.21. The van der Waals surface area contributed by atoms with Gasteiger partial charge < -0.3 is 31.7 Å². The fourth-order valence-electron chi connectivity index (χ4n) is 1.98. The highest BCUT2D eigenvalue weighted by atomic mass is 16.4. The van der Waals surface area contributed by atoms with Gasteiger partial charge in [0.2, 0.25) is 11.8 Å². The summed E-state index contributed by atoms with van der Waals surface area (Å²) in [6, 6.07) is 3.03. The van der Waals surface area contributed by atoms with Crippen LogP contribution >= 0.6 is 0 Å². The van der Waals surface area contributed by atoms with Crippen LogP contribution < -0.4 is 16.4 Å². The number of rotatable bonds is 9. The molecule has 136 valence electrons. The smallest absolute Gasteiger partial charge is 0.326 e. The van der Waals surface area contributed by atoms with Crippen molar-refractivity contribution in [1.29, 1.82) is 0 Å². The number of carbonyl (C=O) groups is 4. The van der Waals surface area contributed by atoms with E-state index < -0.39 is 42.3 Å². The van der Waals surface area contributed by atoms with E-state index in [1.807, 2.05) is 0 Å². The SMILES string of the molecule is NCC(=O)NC(Cc1ccc(O)cc1)C(=O)NC(CC(=O)O)C(=O)O. The number of nitrogens with one attached hydrogen (secondary N) is 2. The second-order valence-electron chi connectivity index (χ2n) is 5.19. The predicted molar refractivity (Wildman–Crippen MR) is 84.6 cm³/mol. The molecule has 0 radical (unpaired) electrons. The molecule has 10 nitrogen and oxygen atoms in total. The van der Waals surface area contributed by atoms with Gasteiger partial charge in [-0.05, 0) is 17.7 Å². The van der Waals surface area contributed by atoms with Crippen molar-refractivity contribution in [3.63, 3.8) is 0 Å². The molecule has 0 fully saturated rings. The molecule has 2 atom stereocenters. The van der Waals surface area contributed by atoms with Gasteiger partial charge in [0, 0.05) is 6.42 Å². The first-order chi connectivity index (χ1) is 11.7. The lowest BCUT2D eigenvalue weighted by atomic mass is 10.0. The Morgan fingerprint density at radius 3 is 2.08 bits per heavy atom. The normalized spacial score (nSPS) is 12.7. The minimum absolute atomic E-state index is 0.00271. The van der Waals surface area contributed by atoms with E-state index in [1.54, 1.807) is 0 Å². The van der Waals surface area contributed by atoms with Gasteiger partial charge in [-0.3, -0.25) is 14.4 Å². The van der Waals surface area contributed by atoms with Crippen LogP contribution in [0.4, 0.5) is 0 Å². The summed E-state index contributed by atoms with van der Waals surface area (Å²) in [5, 5.41) is 31.4. The standard InChI is InChI=1S/C15H19N3O7/c16-7-12(20)17-10(5-8-1-3-9(19)4-2-8)14(23)18-11(15(24)25)6-13(21)22/h1-4,10-11,19H,5-7,16H2,(H,17,20)(H,18,23)(H,21,22)(H,24,25). The molecular formula is C15H19N3O7. The maximum absolute atomic E-state index is 12.3. The maximum Gasteiger partial charge on any atom is 0.326 e. The zero-order valence-corrected chi connectivity index (χ0v) is 13.1. The molecule has 0 saturated carbocycles. The highest BCUT2D eigenvalue weighted by molar-refractivity contribution is 5.92. The number of carboxylic acid groups (broad SMARTS) is 2. The Morgan fingerprint density at radius 1 is 1.00 bits per heavy atom. The Bertz CT molecular complexity index is 645. The molecular weight excluding hydrogens is 334 g/mol. The first kappa shape index (κ1) is 19.9. The molecule has 2 amide bonds. The number of amides is 2. The predicted octanol–water partition coefficient (Wildman–Crippen LogP) is -1.58. The molecule has 0 saturated heterocycles. The first-order valence-corrected chi connectivity index (χ1v) is 7.25. The van der Waals surface area contributed by atoms with Crippen LogP contribution in [0.2, 0.25) is 0 Å². The van der Waals surface area contributed by atoms with Crippen LogP contribution in [0.1, 0.15) is 12.0 Å². The highest BCUT2D eigenvalue weighted by Crippen LogP contribution is 2.11. The minimum atomic E-state index is -1.64. The van der Waals surface area contributed by atoms with Crippen LogP contribution in [0.15, 0.2) is 24.3 Å². The summed E-state index contributed by atoms with van der Waals surface area (Å²) in [5.74, 6) is -4.38. The Balaban J connectivity index is 2.90. The highest BCUT2D eigenvalue weighted by Gasteiger charge is 2.28. The quantitative estimate of drug-likeness (QED) is 0.308. The Hall–Kier alpha value is -3.14. The molecule has 1 aromatic carbocycles. The Kier molecular flexibility index (Phi) is 7.35. The summed E-state index contributed by atoms with van der Waals surface area (Å²) >= 11 is 0. The number of aromatic hydroxyl groups is 1. The van der Waals surface area contributed by atoms with E-state index in [0.29, 0.717) is 5.56 Å². The maximum atomic E-state index is 12.3. The zero-order chi connectivity index (χ0) is 19.0. The van der Waals surface area contributed by atoms with Crippen LogP contribution in [0.5, 0.6) is 5.75 Å². The second kappa shape index (κ2) is 9.23. The zero-order valence-electron chi connectivity index (χ0n) is 13.1. The van der Waals surface area contributed by atoms with Gasteiger partial charge in [-0.15, -0.1) is 0 Å². The Labute approximate surface area is 142 Å². The molecule has 0 aliphatic heterocycles. The molecule has 25 heavy (non-hydrogen) atoms. The van der Waals surface area contributed by atoms with Gasteiger partial charge in [-0.2, -0.15) is 0 Å². The lowest BCUT2D eigenvalue weighted by Crippen LogP contribution is -2.53. The summed E-state index contributed by atoms with van der Waals surface area (Å²) in [4.78, 5) is 45.5. The number of carbonyl (C=O) groups excluding carboxylic acids is 2. The average molecular weight is 353 g/mol. The van der Waals surface area contributed by atoms with E-state index >= 15 is 0 Å². The van der Waals surface area contributed by atoms with Crippen LogP contribution in [-0.4, -0.2) is 57.7 Å². The van der Waals surface area contributed by atoms with E-state index in [2.05, 4.69) is 10.6 Å². The second-order valence-corrected chi connectivity index (χ2v) is 5.19. The number of carboxylic acids is 2. The van der Waals surface area contributed by atoms with Gasteiger partial charge in [0.25, 0.3) is 0 Å². The third-order valence-corrected chi connectivity index (χ3v) is 3.21. The number of hydrogen-bond acceptors (Lipinski definition) is 6. The van der Waals surface area contributed by atoms with Gasteiger partial charge in [-0.1, -0.05) is 12.1 Å². The third-order valence-electron chi connectivity index (χ3n) is 3.21. The van der Waals surface area contributed by atoms with Crippen molar-refractivity contribution in [2.75, 3.05) is 6.54 Å². The molecule has 0 aliphatic carbocycles. The van der Waals surface area contributed by atoms with Gasteiger partial charge in [-0.25, -0.2) is 4.79 Å². The molecule has 0 aliphatic rings. The van der Waals surface area contributed by atoms with E-state index in [1.165, 1.54) is 24.3 Å². The van der Waals surface area contributed by atoms with Crippen molar-refractivity contribution in [1.82, 2.24) is 10.6 Å². The third kappa shape index (κ3) is 6.87. The summed E-state index contributed by atoms with van der Waals surface area (Å²) in [6.45, 7) is -0.378. The fraction of sp³-hybridized carbons (Fsp3) is 0.333. The van der Waals surface area contributed by atoms with Crippen LogP contribution in [0, 0.1) is 0 Å². The summed E-state index contributed by atoms with van der Waals surface area (Å²) in [5.41, 5.74) is 5.78. The number of aliphatic carboxylic acids is 2. The number of benzene rings is 1. The summed E-state index contributed by atoms with van der Waals surface area (Å²) in [6.07, 6.45) is -0.810. The van der Waals surface area contributed by atoms with Gasteiger partial charge >= 0.3 is 11.9 Å². The van der Waals surface area contributed by atoms with E-state index in [9.17, 15) is 24.3 Å². The molecule has 0 spiro atoms. The number of phenolic OH excluding ortho intramolecular Hbond substituents is 1. The monoisotopic (exact) mass is 353 g/mol. The largest absolute Gasteiger partial charge is 0.508 e. The topological polar surface area (TPSA) is 179 Å². The van der Waals surface area contributed by atoms with Crippen molar-refractivity contribution >= 4 is 23.8 Å². The molecule has 1 rings (SSSR count). The molecule has 0 aromatic heterocycles. The van der Waals surface area contributed by atoms with Gasteiger partial charge in [0.1, 0.15) is 17.8 Å². The van der Waals surface area contributed by atoms with Crippen molar-refractivity contribution in [3.05, 3.63) is 29.8 Å². The molecule has 7 N–H and O–H groups in total. The molecule has 2 unspecified atom stereocenters. The van der Waals surface area contributed by atoms with Crippen LogP contribution in [0.25, 0.3) is 0 Å². The fourth-order valence-corrected chi connectivity index (χ4v) is 1.98. The average Bonchev–Trinajstić information content (AvgIpc) is 2.54.